The minimum atomic E-state index is 0.396. The van der Waals surface area contributed by atoms with E-state index >= 15 is 0 Å². The van der Waals surface area contributed by atoms with Gasteiger partial charge in [-0.3, -0.25) is 0 Å². The summed E-state index contributed by atoms with van der Waals surface area (Å²) in [4.78, 5) is 0. The molecule has 1 atom stereocenters. The Balaban J connectivity index is 1.63. The first-order chi connectivity index (χ1) is 11.2. The summed E-state index contributed by atoms with van der Waals surface area (Å²) in [5.41, 5.74) is 5.19. The molecule has 0 amide bonds. The van der Waals surface area contributed by atoms with Crippen molar-refractivity contribution >= 4 is 16.8 Å². The molecule has 0 unspecified atom stereocenters. The highest BCUT2D eigenvalue weighted by Crippen LogP contribution is 2.48. The Morgan fingerprint density at radius 1 is 0.957 bits per heavy atom. The van der Waals surface area contributed by atoms with Gasteiger partial charge >= 0.3 is 0 Å². The van der Waals surface area contributed by atoms with Crippen molar-refractivity contribution in [3.63, 3.8) is 0 Å². The van der Waals surface area contributed by atoms with Crippen LogP contribution in [0, 0.1) is 5.41 Å². The maximum absolute atomic E-state index is 2.57. The Labute approximate surface area is 139 Å². The molecule has 1 aliphatic carbocycles. The van der Waals surface area contributed by atoms with Crippen LogP contribution in [0.3, 0.4) is 0 Å². The van der Waals surface area contributed by atoms with Crippen LogP contribution in [0.2, 0.25) is 0 Å². The van der Waals surface area contributed by atoms with Gasteiger partial charge in [0.2, 0.25) is 0 Å². The van der Waals surface area contributed by atoms with Gasteiger partial charge in [-0.2, -0.15) is 0 Å². The van der Waals surface area contributed by atoms with Crippen LogP contribution in [-0.4, -0.2) is 30.7 Å². The monoisotopic (exact) mass is 304 g/mol. The summed E-state index contributed by atoms with van der Waals surface area (Å²) >= 11 is 0. The number of rotatable bonds is 0. The largest absolute Gasteiger partial charge is 0.319 e. The van der Waals surface area contributed by atoms with Gasteiger partial charge in [-0.05, 0) is 66.2 Å². The Morgan fingerprint density at radius 2 is 1.78 bits per heavy atom. The van der Waals surface area contributed by atoms with Crippen molar-refractivity contribution in [2.24, 2.45) is 5.41 Å². The second-order valence-corrected chi connectivity index (χ2v) is 8.43. The molecule has 23 heavy (non-hydrogen) atoms. The van der Waals surface area contributed by atoms with E-state index in [0.29, 0.717) is 5.41 Å². The minimum absolute atomic E-state index is 0.396. The summed E-state index contributed by atoms with van der Waals surface area (Å²) in [5.74, 6) is 0. The van der Waals surface area contributed by atoms with Gasteiger partial charge in [0.1, 0.15) is 6.54 Å². The van der Waals surface area contributed by atoms with Crippen molar-refractivity contribution in [1.29, 1.82) is 0 Å². The minimum Gasteiger partial charge on any atom is -0.319 e. The number of piperidine rings is 1. The smallest absolute Gasteiger partial charge is 0.101 e. The molecule has 5 rings (SSSR count). The van der Waals surface area contributed by atoms with Crippen LogP contribution in [0.15, 0.2) is 42.0 Å². The zero-order valence-electron chi connectivity index (χ0n) is 14.1. The number of fused-ring (bicyclic) bond motifs is 4. The average Bonchev–Trinajstić information content (AvgIpc) is 2.83. The van der Waals surface area contributed by atoms with E-state index in [1.54, 1.807) is 11.1 Å². The average molecular weight is 304 g/mol. The molecule has 0 radical (unpaired) electrons. The Hall–Kier alpha value is -1.60. The zero-order valence-corrected chi connectivity index (χ0v) is 14.1. The molecule has 1 heteroatoms. The Morgan fingerprint density at radius 3 is 2.65 bits per heavy atom. The van der Waals surface area contributed by atoms with Gasteiger partial charge in [0, 0.05) is 5.41 Å². The van der Waals surface area contributed by atoms with Gasteiger partial charge in [0.05, 0.1) is 19.6 Å². The first kappa shape index (κ1) is 13.8. The van der Waals surface area contributed by atoms with Crippen molar-refractivity contribution in [2.45, 2.75) is 32.6 Å². The predicted molar refractivity (Wildman–Crippen MR) is 97.3 cm³/mol. The lowest BCUT2D eigenvalue weighted by atomic mass is 9.73. The van der Waals surface area contributed by atoms with Gasteiger partial charge in [-0.15, -0.1) is 0 Å². The molecule has 2 aliphatic heterocycles. The molecular formula is C22H26N+. The van der Waals surface area contributed by atoms with E-state index in [0.717, 1.165) is 0 Å². The van der Waals surface area contributed by atoms with Gasteiger partial charge in [-0.25, -0.2) is 0 Å². The van der Waals surface area contributed by atoms with E-state index in [9.17, 15) is 0 Å². The summed E-state index contributed by atoms with van der Waals surface area (Å²) in [6, 6.07) is 13.6. The molecule has 0 saturated carbocycles. The van der Waals surface area contributed by atoms with E-state index in [2.05, 4.69) is 49.4 Å². The number of nitrogens with zero attached hydrogens (tertiary/aromatic N) is 1. The second kappa shape index (κ2) is 4.70. The number of benzene rings is 2. The summed E-state index contributed by atoms with van der Waals surface area (Å²) in [7, 11) is 0. The molecular weight excluding hydrogens is 278 g/mol. The summed E-state index contributed by atoms with van der Waals surface area (Å²) in [6.07, 6.45) is 8.11. The van der Waals surface area contributed by atoms with E-state index in [-0.39, 0.29) is 0 Å². The highest BCUT2D eigenvalue weighted by atomic mass is 15.4. The predicted octanol–water partition coefficient (Wildman–Crippen LogP) is 4.80. The van der Waals surface area contributed by atoms with Crippen LogP contribution >= 0.6 is 0 Å². The molecule has 118 valence electrons. The van der Waals surface area contributed by atoms with E-state index in [4.69, 9.17) is 0 Å². The fourth-order valence-corrected chi connectivity index (χ4v) is 5.60. The fraction of sp³-hybridized carbons (Fsp3) is 0.455. The maximum atomic E-state index is 2.57. The summed E-state index contributed by atoms with van der Waals surface area (Å²) in [6.45, 7) is 8.01. The van der Waals surface area contributed by atoms with Crippen LogP contribution in [0.1, 0.15) is 37.3 Å². The van der Waals surface area contributed by atoms with Gasteiger partial charge < -0.3 is 4.48 Å². The molecule has 1 spiro atoms. The Kier molecular flexibility index (Phi) is 2.82. The number of hydrogen-bond acceptors (Lipinski definition) is 0. The highest BCUT2D eigenvalue weighted by molar-refractivity contribution is 5.93. The molecule has 0 bridgehead atoms. The second-order valence-electron chi connectivity index (χ2n) is 8.43. The van der Waals surface area contributed by atoms with Crippen molar-refractivity contribution in [3.05, 3.63) is 53.1 Å². The van der Waals surface area contributed by atoms with Crippen molar-refractivity contribution < 1.29 is 4.48 Å². The third-order valence-electron chi connectivity index (χ3n) is 6.69. The van der Waals surface area contributed by atoms with Gasteiger partial charge in [-0.1, -0.05) is 36.4 Å². The molecule has 2 fully saturated rings. The van der Waals surface area contributed by atoms with E-state index < -0.39 is 0 Å². The van der Waals surface area contributed by atoms with Crippen molar-refractivity contribution in [1.82, 2.24) is 0 Å². The standard InChI is InChI=1S/C22H26N/c1-22-14-18-10-9-17-7-3-4-8-20(17)21(18)13-19(22)15-23(16-22)11-5-2-6-12-23/h3-4,7-10,13H,2,5-6,11-12,14-16H2,1H3/q+1/t22-/m1/s1. The Bertz CT molecular complexity index is 810. The summed E-state index contributed by atoms with van der Waals surface area (Å²) < 4.78 is 1.37. The van der Waals surface area contributed by atoms with E-state index in [1.807, 2.05) is 0 Å². The molecule has 1 nitrogen and oxygen atoms in total. The number of quaternary nitrogens is 1. The zero-order chi connectivity index (χ0) is 15.5. The molecule has 2 aromatic rings. The molecule has 0 aromatic heterocycles. The molecule has 3 aliphatic rings. The van der Waals surface area contributed by atoms with E-state index in [1.165, 1.54) is 72.7 Å². The van der Waals surface area contributed by atoms with Crippen molar-refractivity contribution in [3.8, 4) is 0 Å². The number of hydrogen-bond donors (Lipinski definition) is 0. The van der Waals surface area contributed by atoms with Gasteiger partial charge in [0.15, 0.2) is 0 Å². The van der Waals surface area contributed by atoms with Crippen LogP contribution in [0.4, 0.5) is 0 Å². The quantitative estimate of drug-likeness (QED) is 0.613. The normalized spacial score (nSPS) is 28.5. The lowest BCUT2D eigenvalue weighted by Gasteiger charge is -2.39. The highest BCUT2D eigenvalue weighted by Gasteiger charge is 2.50. The van der Waals surface area contributed by atoms with Gasteiger partial charge in [0.25, 0.3) is 0 Å². The van der Waals surface area contributed by atoms with Crippen LogP contribution in [0.5, 0.6) is 0 Å². The SMILES string of the molecule is C[C@]12Cc3ccc4ccccc4c3C=C1C[N+]1(CCCCC1)C2. The molecule has 0 N–H and O–H groups in total. The van der Waals surface area contributed by atoms with Crippen molar-refractivity contribution in [2.75, 3.05) is 26.2 Å². The third-order valence-corrected chi connectivity index (χ3v) is 6.69. The molecule has 2 saturated heterocycles. The maximum Gasteiger partial charge on any atom is 0.101 e. The first-order valence-electron chi connectivity index (χ1n) is 9.24. The topological polar surface area (TPSA) is 0 Å². The van der Waals surface area contributed by atoms with Crippen LogP contribution in [0.25, 0.3) is 16.8 Å². The lowest BCUT2D eigenvalue weighted by Crippen LogP contribution is -2.50. The lowest BCUT2D eigenvalue weighted by molar-refractivity contribution is -0.922. The fourth-order valence-electron chi connectivity index (χ4n) is 5.60. The third kappa shape index (κ3) is 2.03. The molecule has 2 aromatic carbocycles. The molecule has 2 heterocycles. The van der Waals surface area contributed by atoms with Crippen LogP contribution in [-0.2, 0) is 6.42 Å². The van der Waals surface area contributed by atoms with Crippen LogP contribution < -0.4 is 0 Å². The first-order valence-corrected chi connectivity index (χ1v) is 9.24. The summed E-state index contributed by atoms with van der Waals surface area (Å²) in [5, 5.41) is 2.82.